The highest BCUT2D eigenvalue weighted by Crippen LogP contribution is 2.34. The van der Waals surface area contributed by atoms with Crippen molar-refractivity contribution in [3.8, 4) is 0 Å². The van der Waals surface area contributed by atoms with Crippen molar-refractivity contribution in [1.29, 1.82) is 0 Å². The Hall–Kier alpha value is -3.01. The first-order chi connectivity index (χ1) is 12.6. The lowest BCUT2D eigenvalue weighted by atomic mass is 9.96. The van der Waals surface area contributed by atoms with Gasteiger partial charge in [0.2, 0.25) is 0 Å². The highest BCUT2D eigenvalue weighted by molar-refractivity contribution is 5.90. The molecule has 26 heavy (non-hydrogen) atoms. The number of anilines is 1. The quantitative estimate of drug-likeness (QED) is 0.715. The molecule has 4 heteroatoms. The summed E-state index contributed by atoms with van der Waals surface area (Å²) in [5.74, 6) is 0. The van der Waals surface area contributed by atoms with E-state index >= 15 is 0 Å². The van der Waals surface area contributed by atoms with Gasteiger partial charge in [0, 0.05) is 30.7 Å². The van der Waals surface area contributed by atoms with Gasteiger partial charge in [0.05, 0.1) is 6.04 Å². The van der Waals surface area contributed by atoms with E-state index < -0.39 is 0 Å². The number of rotatable bonds is 2. The number of aryl methyl sites for hydroxylation is 2. The van der Waals surface area contributed by atoms with E-state index in [1.807, 2.05) is 48.2 Å². The number of fused-ring (bicyclic) bond motifs is 1. The molecule has 0 spiro atoms. The predicted molar refractivity (Wildman–Crippen MR) is 104 cm³/mol. The molecule has 0 radical (unpaired) electrons. The Kier molecular flexibility index (Phi) is 4.25. The van der Waals surface area contributed by atoms with Gasteiger partial charge in [-0.05, 0) is 54.8 Å². The molecule has 1 N–H and O–H groups in total. The molecule has 0 bridgehead atoms. The van der Waals surface area contributed by atoms with Crippen LogP contribution >= 0.6 is 0 Å². The molecule has 0 saturated heterocycles. The zero-order valence-electron chi connectivity index (χ0n) is 15.1. The summed E-state index contributed by atoms with van der Waals surface area (Å²) in [6, 6.07) is 20.3. The van der Waals surface area contributed by atoms with Crippen LogP contribution in [0.1, 0.15) is 28.4 Å². The van der Waals surface area contributed by atoms with Crippen LogP contribution in [0.3, 0.4) is 0 Å². The topological polar surface area (TPSA) is 37.3 Å². The van der Waals surface area contributed by atoms with Gasteiger partial charge >= 0.3 is 6.03 Å². The van der Waals surface area contributed by atoms with Crippen molar-refractivity contribution in [1.82, 2.24) is 9.47 Å². The van der Waals surface area contributed by atoms with Crippen molar-refractivity contribution in [2.45, 2.75) is 26.4 Å². The molecule has 1 aromatic heterocycles. The average Bonchev–Trinajstić information content (AvgIpc) is 3.10. The van der Waals surface area contributed by atoms with Gasteiger partial charge in [-0.15, -0.1) is 0 Å². The number of benzene rings is 2. The molecule has 2 heterocycles. The Labute approximate surface area is 154 Å². The van der Waals surface area contributed by atoms with Crippen molar-refractivity contribution in [3.05, 3.63) is 89.2 Å². The van der Waals surface area contributed by atoms with Crippen LogP contribution in [0.15, 0.2) is 66.9 Å². The van der Waals surface area contributed by atoms with Crippen LogP contribution in [0.4, 0.5) is 10.5 Å². The Morgan fingerprint density at radius 2 is 1.85 bits per heavy atom. The van der Waals surface area contributed by atoms with Crippen LogP contribution in [0.25, 0.3) is 0 Å². The van der Waals surface area contributed by atoms with E-state index in [-0.39, 0.29) is 12.1 Å². The zero-order chi connectivity index (χ0) is 18.1. The van der Waals surface area contributed by atoms with Crippen molar-refractivity contribution in [3.63, 3.8) is 0 Å². The second-order valence-electron chi connectivity index (χ2n) is 6.88. The molecular formula is C22H23N3O. The maximum atomic E-state index is 13.1. The fourth-order valence-corrected chi connectivity index (χ4v) is 3.74. The third kappa shape index (κ3) is 2.99. The zero-order valence-corrected chi connectivity index (χ0v) is 15.1. The summed E-state index contributed by atoms with van der Waals surface area (Å²) < 4.78 is 2.24. The third-order valence-electron chi connectivity index (χ3n) is 5.05. The van der Waals surface area contributed by atoms with Crippen LogP contribution in [0, 0.1) is 13.8 Å². The van der Waals surface area contributed by atoms with Gasteiger partial charge < -0.3 is 14.8 Å². The van der Waals surface area contributed by atoms with Gasteiger partial charge in [0.25, 0.3) is 0 Å². The van der Waals surface area contributed by atoms with Gasteiger partial charge in [-0.3, -0.25) is 0 Å². The molecule has 2 aromatic carbocycles. The monoisotopic (exact) mass is 345 g/mol. The van der Waals surface area contributed by atoms with E-state index in [4.69, 9.17) is 0 Å². The van der Waals surface area contributed by atoms with Crippen LogP contribution in [-0.4, -0.2) is 22.0 Å². The molecule has 0 aliphatic carbocycles. The molecule has 4 rings (SSSR count). The molecule has 2 amide bonds. The first kappa shape index (κ1) is 16.5. The molecule has 1 atom stereocenters. The van der Waals surface area contributed by atoms with Gasteiger partial charge in [0.15, 0.2) is 0 Å². The summed E-state index contributed by atoms with van der Waals surface area (Å²) in [5, 5.41) is 3.07. The summed E-state index contributed by atoms with van der Waals surface area (Å²) >= 11 is 0. The summed E-state index contributed by atoms with van der Waals surface area (Å²) in [5.41, 5.74) is 5.49. The van der Waals surface area contributed by atoms with Gasteiger partial charge in [-0.25, -0.2) is 4.79 Å². The molecule has 4 nitrogen and oxygen atoms in total. The molecule has 0 unspecified atom stereocenters. The molecule has 1 aliphatic heterocycles. The van der Waals surface area contributed by atoms with Gasteiger partial charge in [-0.1, -0.05) is 36.4 Å². The Morgan fingerprint density at radius 1 is 1.00 bits per heavy atom. The Balaban J connectivity index is 1.70. The van der Waals surface area contributed by atoms with E-state index in [2.05, 4.69) is 47.3 Å². The van der Waals surface area contributed by atoms with Crippen LogP contribution in [0.2, 0.25) is 0 Å². The summed E-state index contributed by atoms with van der Waals surface area (Å²) in [7, 11) is 0. The highest BCUT2D eigenvalue weighted by atomic mass is 16.2. The van der Waals surface area contributed by atoms with Gasteiger partial charge in [0.1, 0.15) is 0 Å². The molecule has 1 aliphatic rings. The number of nitrogens with one attached hydrogen (secondary N) is 1. The van der Waals surface area contributed by atoms with E-state index in [1.54, 1.807) is 0 Å². The fourth-order valence-electron chi connectivity index (χ4n) is 3.74. The number of hydrogen-bond acceptors (Lipinski definition) is 1. The van der Waals surface area contributed by atoms with E-state index in [1.165, 1.54) is 11.1 Å². The van der Waals surface area contributed by atoms with Crippen molar-refractivity contribution in [2.24, 2.45) is 0 Å². The molecular weight excluding hydrogens is 322 g/mol. The predicted octanol–water partition coefficient (Wildman–Crippen LogP) is 4.74. The van der Waals surface area contributed by atoms with Crippen molar-refractivity contribution in [2.75, 3.05) is 11.9 Å². The van der Waals surface area contributed by atoms with E-state index in [0.717, 1.165) is 23.5 Å². The Morgan fingerprint density at radius 3 is 2.65 bits per heavy atom. The maximum absolute atomic E-state index is 13.1. The maximum Gasteiger partial charge on any atom is 0.322 e. The summed E-state index contributed by atoms with van der Waals surface area (Å²) in [6.45, 7) is 5.62. The van der Waals surface area contributed by atoms with E-state index in [0.29, 0.717) is 6.54 Å². The second-order valence-corrected chi connectivity index (χ2v) is 6.88. The molecule has 3 aromatic rings. The lowest BCUT2D eigenvalue weighted by molar-refractivity contribution is 0.181. The second kappa shape index (κ2) is 6.71. The lowest BCUT2D eigenvalue weighted by Crippen LogP contribution is -2.44. The first-order valence-electron chi connectivity index (χ1n) is 8.98. The van der Waals surface area contributed by atoms with Gasteiger partial charge in [-0.2, -0.15) is 0 Å². The molecule has 132 valence electrons. The van der Waals surface area contributed by atoms with Crippen LogP contribution in [0.5, 0.6) is 0 Å². The van der Waals surface area contributed by atoms with Crippen molar-refractivity contribution < 1.29 is 4.79 Å². The SMILES string of the molecule is Cc1cccc(NC(=O)N2CCn3cccc3[C@H]2c2ccccc2C)c1. The average molecular weight is 345 g/mol. The minimum absolute atomic E-state index is 0.0590. The number of nitrogens with zero attached hydrogens (tertiary/aromatic N) is 2. The number of hydrogen-bond donors (Lipinski definition) is 1. The minimum atomic E-state index is -0.0789. The standard InChI is InChI=1S/C22H23N3O/c1-16-7-5-9-18(15-16)23-22(26)25-14-13-24-12-6-11-20(24)21(25)19-10-4-3-8-17(19)2/h3-12,15,21H,13-14H2,1-2H3,(H,23,26)/t21-/m1/s1. The number of carbonyl (C=O) groups is 1. The Bertz CT molecular complexity index is 944. The van der Waals surface area contributed by atoms with E-state index in [9.17, 15) is 4.79 Å². The highest BCUT2D eigenvalue weighted by Gasteiger charge is 2.32. The lowest BCUT2D eigenvalue weighted by Gasteiger charge is -2.38. The third-order valence-corrected chi connectivity index (χ3v) is 5.05. The smallest absolute Gasteiger partial charge is 0.322 e. The number of aromatic nitrogens is 1. The van der Waals surface area contributed by atoms with Crippen molar-refractivity contribution >= 4 is 11.7 Å². The fraction of sp³-hybridized carbons (Fsp3) is 0.227. The molecule has 0 saturated carbocycles. The molecule has 0 fully saturated rings. The van der Waals surface area contributed by atoms with Crippen LogP contribution in [-0.2, 0) is 6.54 Å². The number of amides is 2. The number of carbonyl (C=O) groups excluding carboxylic acids is 1. The largest absolute Gasteiger partial charge is 0.348 e. The first-order valence-corrected chi connectivity index (χ1v) is 8.98. The summed E-state index contributed by atoms with van der Waals surface area (Å²) in [4.78, 5) is 15.1. The minimum Gasteiger partial charge on any atom is -0.348 e. The summed E-state index contributed by atoms with van der Waals surface area (Å²) in [6.07, 6.45) is 2.09. The normalized spacial score (nSPS) is 16.2. The van der Waals surface area contributed by atoms with Crippen LogP contribution < -0.4 is 5.32 Å². The number of urea groups is 1.